The van der Waals surface area contributed by atoms with Crippen molar-refractivity contribution < 1.29 is 9.00 Å². The molecule has 5 heteroatoms. The number of amides is 2. The van der Waals surface area contributed by atoms with Gasteiger partial charge in [0.15, 0.2) is 0 Å². The van der Waals surface area contributed by atoms with Gasteiger partial charge in [-0.15, -0.1) is 0 Å². The van der Waals surface area contributed by atoms with Gasteiger partial charge >= 0.3 is 6.03 Å². The molecule has 2 aromatic carbocycles. The van der Waals surface area contributed by atoms with Crippen molar-refractivity contribution in [2.45, 2.75) is 31.3 Å². The average molecular weight is 344 g/mol. The van der Waals surface area contributed by atoms with Crippen LogP contribution >= 0.6 is 0 Å². The minimum Gasteiger partial charge on any atom is -0.338 e. The van der Waals surface area contributed by atoms with E-state index in [9.17, 15) is 9.00 Å². The van der Waals surface area contributed by atoms with Crippen molar-refractivity contribution in [3.63, 3.8) is 0 Å². The normalized spacial score (nSPS) is 11.7. The number of urea groups is 1. The maximum Gasteiger partial charge on any atom is 0.319 e. The Morgan fingerprint density at radius 1 is 1.00 bits per heavy atom. The second kappa shape index (κ2) is 9.88. The Kier molecular flexibility index (Phi) is 7.49. The van der Waals surface area contributed by atoms with E-state index in [4.69, 9.17) is 0 Å². The summed E-state index contributed by atoms with van der Waals surface area (Å²) in [5.41, 5.74) is 2.74. The third-order valence-electron chi connectivity index (χ3n) is 3.50. The van der Waals surface area contributed by atoms with E-state index in [1.807, 2.05) is 54.6 Å². The number of nitrogens with one attached hydrogen (secondary N) is 2. The lowest BCUT2D eigenvalue weighted by Gasteiger charge is -2.09. The molecule has 2 rings (SSSR count). The minimum atomic E-state index is -0.977. The molecule has 2 N–H and O–H groups in total. The van der Waals surface area contributed by atoms with E-state index in [1.165, 1.54) is 0 Å². The lowest BCUT2D eigenvalue weighted by molar-refractivity contribution is 0.252. The Bertz CT molecular complexity index is 674. The molecule has 0 radical (unpaired) electrons. The summed E-state index contributed by atoms with van der Waals surface area (Å²) in [5, 5.41) is 5.63. The summed E-state index contributed by atoms with van der Waals surface area (Å²) in [6, 6.07) is 17.1. The SMILES string of the molecule is CCCCNC(=O)Nc1cccc(CS(=O)Cc2ccccc2)c1. The van der Waals surface area contributed by atoms with Crippen LogP contribution in [0.3, 0.4) is 0 Å². The average Bonchev–Trinajstić information content (AvgIpc) is 2.56. The molecule has 0 bridgehead atoms. The summed E-state index contributed by atoms with van der Waals surface area (Å²) in [6.45, 7) is 2.75. The van der Waals surface area contributed by atoms with Gasteiger partial charge in [-0.1, -0.05) is 55.8 Å². The van der Waals surface area contributed by atoms with Crippen LogP contribution in [0.5, 0.6) is 0 Å². The third-order valence-corrected chi connectivity index (χ3v) is 4.81. The molecule has 0 spiro atoms. The second-order valence-corrected chi connectivity index (χ2v) is 7.11. The number of unbranched alkanes of at least 4 members (excludes halogenated alkanes) is 1. The highest BCUT2D eigenvalue weighted by atomic mass is 32.2. The van der Waals surface area contributed by atoms with E-state index in [1.54, 1.807) is 0 Å². The van der Waals surface area contributed by atoms with Crippen LogP contribution in [0, 0.1) is 0 Å². The molecule has 0 saturated heterocycles. The molecule has 0 saturated carbocycles. The third kappa shape index (κ3) is 6.54. The number of carbonyl (C=O) groups excluding carboxylic acids is 1. The first-order valence-corrected chi connectivity index (χ1v) is 9.69. The fraction of sp³-hybridized carbons (Fsp3) is 0.316. The van der Waals surface area contributed by atoms with Gasteiger partial charge in [-0.2, -0.15) is 0 Å². The van der Waals surface area contributed by atoms with Gasteiger partial charge in [-0.05, 0) is 29.7 Å². The maximum absolute atomic E-state index is 12.3. The zero-order valence-electron chi connectivity index (χ0n) is 14.0. The van der Waals surface area contributed by atoms with Gasteiger partial charge in [0.2, 0.25) is 0 Å². The highest BCUT2D eigenvalue weighted by Crippen LogP contribution is 2.14. The lowest BCUT2D eigenvalue weighted by Crippen LogP contribution is -2.29. The van der Waals surface area contributed by atoms with Gasteiger partial charge in [-0.25, -0.2) is 4.79 Å². The Labute approximate surface area is 146 Å². The summed E-state index contributed by atoms with van der Waals surface area (Å²) in [5.74, 6) is 1.01. The highest BCUT2D eigenvalue weighted by Gasteiger charge is 2.06. The monoisotopic (exact) mass is 344 g/mol. The smallest absolute Gasteiger partial charge is 0.319 e. The van der Waals surface area contributed by atoms with Gasteiger partial charge < -0.3 is 10.6 Å². The van der Waals surface area contributed by atoms with Crippen molar-refractivity contribution in [1.82, 2.24) is 5.32 Å². The molecule has 0 fully saturated rings. The number of hydrogen-bond acceptors (Lipinski definition) is 2. The number of anilines is 1. The molecule has 0 aliphatic carbocycles. The highest BCUT2D eigenvalue weighted by molar-refractivity contribution is 7.83. The van der Waals surface area contributed by atoms with Gasteiger partial charge in [0.05, 0.1) is 0 Å². The molecule has 128 valence electrons. The molecule has 0 heterocycles. The quantitative estimate of drug-likeness (QED) is 0.710. The summed E-state index contributed by atoms with van der Waals surface area (Å²) in [6.07, 6.45) is 2.01. The Balaban J connectivity index is 1.87. The molecule has 2 aromatic rings. The van der Waals surface area contributed by atoms with E-state index < -0.39 is 10.8 Å². The van der Waals surface area contributed by atoms with Gasteiger partial charge in [0, 0.05) is 34.5 Å². The van der Waals surface area contributed by atoms with Crippen LogP contribution in [0.2, 0.25) is 0 Å². The summed E-state index contributed by atoms with van der Waals surface area (Å²) < 4.78 is 12.3. The minimum absolute atomic E-state index is 0.203. The Morgan fingerprint density at radius 2 is 1.71 bits per heavy atom. The molecular formula is C19H24N2O2S. The topological polar surface area (TPSA) is 58.2 Å². The molecule has 0 aliphatic heterocycles. The molecule has 4 nitrogen and oxygen atoms in total. The van der Waals surface area contributed by atoms with Crippen molar-refractivity contribution in [2.75, 3.05) is 11.9 Å². The largest absolute Gasteiger partial charge is 0.338 e. The number of carbonyl (C=O) groups is 1. The van der Waals surface area contributed by atoms with Crippen LogP contribution in [0.1, 0.15) is 30.9 Å². The molecule has 2 amide bonds. The molecule has 1 unspecified atom stereocenters. The Morgan fingerprint density at radius 3 is 2.46 bits per heavy atom. The first-order chi connectivity index (χ1) is 11.7. The number of rotatable bonds is 8. The van der Waals surface area contributed by atoms with Gasteiger partial charge in [0.1, 0.15) is 0 Å². The predicted molar refractivity (Wildman–Crippen MR) is 100 cm³/mol. The zero-order valence-corrected chi connectivity index (χ0v) is 14.8. The zero-order chi connectivity index (χ0) is 17.2. The first-order valence-electron chi connectivity index (χ1n) is 8.20. The van der Waals surface area contributed by atoms with Crippen LogP contribution < -0.4 is 10.6 Å². The van der Waals surface area contributed by atoms with Crippen LogP contribution in [0.15, 0.2) is 54.6 Å². The number of benzene rings is 2. The van der Waals surface area contributed by atoms with Gasteiger partial charge in [0.25, 0.3) is 0 Å². The second-order valence-electron chi connectivity index (χ2n) is 5.65. The van der Waals surface area contributed by atoms with Crippen LogP contribution in [-0.2, 0) is 22.3 Å². The van der Waals surface area contributed by atoms with E-state index in [-0.39, 0.29) is 6.03 Å². The Hall–Kier alpha value is -2.14. The summed E-state index contributed by atoms with van der Waals surface area (Å²) in [4.78, 5) is 11.8. The van der Waals surface area contributed by atoms with E-state index in [0.29, 0.717) is 18.1 Å². The standard InChI is InChI=1S/C19H24N2O2S/c1-2-3-12-20-19(22)21-18-11-7-10-17(13-18)15-24(23)14-16-8-5-4-6-9-16/h4-11,13H,2-3,12,14-15H2,1H3,(H2,20,21,22). The van der Waals surface area contributed by atoms with Crippen molar-refractivity contribution in [2.24, 2.45) is 0 Å². The predicted octanol–water partition coefficient (Wildman–Crippen LogP) is 4.06. The number of hydrogen-bond donors (Lipinski definition) is 2. The van der Waals surface area contributed by atoms with Gasteiger partial charge in [-0.3, -0.25) is 4.21 Å². The fourth-order valence-corrected chi connectivity index (χ4v) is 3.51. The van der Waals surface area contributed by atoms with Crippen LogP contribution in [0.25, 0.3) is 0 Å². The van der Waals surface area contributed by atoms with Crippen molar-refractivity contribution >= 4 is 22.5 Å². The maximum atomic E-state index is 12.3. The van der Waals surface area contributed by atoms with Crippen LogP contribution in [-0.4, -0.2) is 16.8 Å². The van der Waals surface area contributed by atoms with E-state index in [2.05, 4.69) is 17.6 Å². The van der Waals surface area contributed by atoms with E-state index >= 15 is 0 Å². The van der Waals surface area contributed by atoms with Crippen LogP contribution in [0.4, 0.5) is 10.5 Å². The lowest BCUT2D eigenvalue weighted by atomic mass is 10.2. The first kappa shape index (κ1) is 18.2. The molecule has 0 aliphatic rings. The summed E-state index contributed by atoms with van der Waals surface area (Å²) >= 11 is 0. The van der Waals surface area contributed by atoms with Crippen molar-refractivity contribution in [3.8, 4) is 0 Å². The summed E-state index contributed by atoms with van der Waals surface area (Å²) in [7, 11) is -0.977. The molecule has 24 heavy (non-hydrogen) atoms. The van der Waals surface area contributed by atoms with Crippen molar-refractivity contribution in [1.29, 1.82) is 0 Å². The van der Waals surface area contributed by atoms with E-state index in [0.717, 1.165) is 29.7 Å². The van der Waals surface area contributed by atoms with Crippen molar-refractivity contribution in [3.05, 3.63) is 65.7 Å². The molecule has 1 atom stereocenters. The fourth-order valence-electron chi connectivity index (χ4n) is 2.29. The molecule has 0 aromatic heterocycles. The molecular weight excluding hydrogens is 320 g/mol.